The number of hydrogen-bond donors (Lipinski definition) is 0. The van der Waals surface area contributed by atoms with E-state index in [0.717, 1.165) is 30.3 Å². The number of aromatic nitrogens is 3. The zero-order chi connectivity index (χ0) is 15.6. The van der Waals surface area contributed by atoms with Gasteiger partial charge in [-0.25, -0.2) is 9.97 Å². The van der Waals surface area contributed by atoms with E-state index in [2.05, 4.69) is 19.9 Å². The third-order valence-electron chi connectivity index (χ3n) is 4.13. The molecular weight excluding hydrogens is 294 g/mol. The first-order chi connectivity index (χ1) is 11.3. The summed E-state index contributed by atoms with van der Waals surface area (Å²) in [6.45, 7) is 4.07. The van der Waals surface area contributed by atoms with Gasteiger partial charge in [0.1, 0.15) is 0 Å². The molecule has 1 amide bonds. The molecule has 2 aliphatic rings. The van der Waals surface area contributed by atoms with Crippen LogP contribution in [0.15, 0.2) is 30.7 Å². The van der Waals surface area contributed by atoms with E-state index in [1.165, 1.54) is 0 Å². The van der Waals surface area contributed by atoms with Crippen molar-refractivity contribution >= 4 is 11.9 Å². The van der Waals surface area contributed by atoms with E-state index in [9.17, 15) is 4.79 Å². The summed E-state index contributed by atoms with van der Waals surface area (Å²) in [5, 5.41) is 0. The van der Waals surface area contributed by atoms with Gasteiger partial charge in [0.05, 0.1) is 31.0 Å². The predicted octanol–water partition coefficient (Wildman–Crippen LogP) is 0.864. The van der Waals surface area contributed by atoms with Gasteiger partial charge in [-0.15, -0.1) is 0 Å². The van der Waals surface area contributed by atoms with E-state index in [-0.39, 0.29) is 5.91 Å². The highest BCUT2D eigenvalue weighted by molar-refractivity contribution is 5.94. The van der Waals surface area contributed by atoms with Gasteiger partial charge in [0, 0.05) is 43.8 Å². The van der Waals surface area contributed by atoms with Gasteiger partial charge >= 0.3 is 0 Å². The Morgan fingerprint density at radius 3 is 2.83 bits per heavy atom. The normalized spacial score (nSPS) is 17.2. The molecule has 0 aliphatic carbocycles. The molecule has 0 radical (unpaired) electrons. The third-order valence-corrected chi connectivity index (χ3v) is 4.13. The lowest BCUT2D eigenvalue weighted by Crippen LogP contribution is -2.37. The Kier molecular flexibility index (Phi) is 3.63. The van der Waals surface area contributed by atoms with Crippen LogP contribution in [0.5, 0.6) is 0 Å². The number of pyridine rings is 1. The van der Waals surface area contributed by atoms with Crippen molar-refractivity contribution in [3.8, 4) is 0 Å². The monoisotopic (exact) mass is 311 g/mol. The van der Waals surface area contributed by atoms with Gasteiger partial charge in [-0.1, -0.05) is 0 Å². The standard InChI is InChI=1S/C16H17N5O2/c22-15(12-2-1-3-17-8-12)21-10-13-9-18-16(19-14(13)11-21)20-4-6-23-7-5-20/h1-3,8-9H,4-7,10-11H2. The van der Waals surface area contributed by atoms with Crippen LogP contribution in [0.25, 0.3) is 0 Å². The van der Waals surface area contributed by atoms with Crippen molar-refractivity contribution < 1.29 is 9.53 Å². The van der Waals surface area contributed by atoms with E-state index in [1.54, 1.807) is 29.4 Å². The lowest BCUT2D eigenvalue weighted by molar-refractivity contribution is 0.0750. The second kappa shape index (κ2) is 5.92. The highest BCUT2D eigenvalue weighted by Gasteiger charge is 2.27. The molecule has 4 rings (SSSR count). The summed E-state index contributed by atoms with van der Waals surface area (Å²) in [5.41, 5.74) is 2.54. The Balaban J connectivity index is 1.52. The SMILES string of the molecule is O=C(c1cccnc1)N1Cc2cnc(N3CCOCC3)nc2C1. The molecule has 23 heavy (non-hydrogen) atoms. The Bertz CT molecular complexity index is 716. The fraction of sp³-hybridized carbons (Fsp3) is 0.375. The zero-order valence-electron chi connectivity index (χ0n) is 12.7. The van der Waals surface area contributed by atoms with E-state index in [4.69, 9.17) is 4.74 Å². The maximum atomic E-state index is 12.5. The number of hydrogen-bond acceptors (Lipinski definition) is 6. The molecule has 118 valence electrons. The van der Waals surface area contributed by atoms with Gasteiger partial charge < -0.3 is 14.5 Å². The Hall–Kier alpha value is -2.54. The first-order valence-electron chi connectivity index (χ1n) is 7.68. The minimum atomic E-state index is -0.0241. The van der Waals surface area contributed by atoms with Crippen LogP contribution >= 0.6 is 0 Å². The molecule has 1 saturated heterocycles. The van der Waals surface area contributed by atoms with Gasteiger partial charge in [-0.05, 0) is 12.1 Å². The third kappa shape index (κ3) is 2.75. The maximum absolute atomic E-state index is 12.5. The maximum Gasteiger partial charge on any atom is 0.256 e. The quantitative estimate of drug-likeness (QED) is 0.819. The average Bonchev–Trinajstić information content (AvgIpc) is 3.06. The minimum Gasteiger partial charge on any atom is -0.378 e. The number of anilines is 1. The largest absolute Gasteiger partial charge is 0.378 e. The zero-order valence-corrected chi connectivity index (χ0v) is 12.7. The molecule has 4 heterocycles. The Morgan fingerprint density at radius 2 is 2.04 bits per heavy atom. The number of fused-ring (bicyclic) bond motifs is 1. The molecule has 7 nitrogen and oxygen atoms in total. The lowest BCUT2D eigenvalue weighted by Gasteiger charge is -2.26. The highest BCUT2D eigenvalue weighted by atomic mass is 16.5. The number of rotatable bonds is 2. The molecule has 0 bridgehead atoms. The van der Waals surface area contributed by atoms with Crippen LogP contribution in [0.1, 0.15) is 21.6 Å². The second-order valence-corrected chi connectivity index (χ2v) is 5.64. The first kappa shape index (κ1) is 14.1. The summed E-state index contributed by atoms with van der Waals surface area (Å²) in [6.07, 6.45) is 5.09. The molecule has 2 aliphatic heterocycles. The molecule has 0 spiro atoms. The predicted molar refractivity (Wildman–Crippen MR) is 82.9 cm³/mol. The van der Waals surface area contributed by atoms with Crippen molar-refractivity contribution in [1.29, 1.82) is 0 Å². The number of nitrogens with zero attached hydrogens (tertiary/aromatic N) is 5. The van der Waals surface area contributed by atoms with Crippen molar-refractivity contribution in [2.45, 2.75) is 13.1 Å². The summed E-state index contributed by atoms with van der Waals surface area (Å²) in [6, 6.07) is 3.55. The summed E-state index contributed by atoms with van der Waals surface area (Å²) < 4.78 is 5.36. The van der Waals surface area contributed by atoms with Crippen LogP contribution < -0.4 is 4.90 Å². The van der Waals surface area contributed by atoms with Crippen molar-refractivity contribution in [3.63, 3.8) is 0 Å². The Morgan fingerprint density at radius 1 is 1.17 bits per heavy atom. The number of ether oxygens (including phenoxy) is 1. The van der Waals surface area contributed by atoms with E-state index in [1.807, 2.05) is 6.20 Å². The van der Waals surface area contributed by atoms with Crippen molar-refractivity contribution in [2.24, 2.45) is 0 Å². The molecule has 0 saturated carbocycles. The fourth-order valence-corrected chi connectivity index (χ4v) is 2.87. The first-order valence-corrected chi connectivity index (χ1v) is 7.68. The van der Waals surface area contributed by atoms with Crippen molar-refractivity contribution in [1.82, 2.24) is 19.9 Å². The average molecular weight is 311 g/mol. The number of morpholine rings is 1. The fourth-order valence-electron chi connectivity index (χ4n) is 2.87. The van der Waals surface area contributed by atoms with E-state index >= 15 is 0 Å². The molecule has 0 N–H and O–H groups in total. The molecular formula is C16H17N5O2. The highest BCUT2D eigenvalue weighted by Crippen LogP contribution is 2.24. The van der Waals surface area contributed by atoms with Gasteiger partial charge in [0.25, 0.3) is 5.91 Å². The summed E-state index contributed by atoms with van der Waals surface area (Å²) in [5.74, 6) is 0.701. The van der Waals surface area contributed by atoms with Gasteiger partial charge in [-0.3, -0.25) is 9.78 Å². The lowest BCUT2D eigenvalue weighted by atomic mass is 10.2. The van der Waals surface area contributed by atoms with Gasteiger partial charge in [0.15, 0.2) is 0 Å². The molecule has 2 aromatic rings. The van der Waals surface area contributed by atoms with Gasteiger partial charge in [0.2, 0.25) is 5.95 Å². The van der Waals surface area contributed by atoms with Crippen LogP contribution in [0, 0.1) is 0 Å². The molecule has 7 heteroatoms. The van der Waals surface area contributed by atoms with Crippen LogP contribution in [0.3, 0.4) is 0 Å². The summed E-state index contributed by atoms with van der Waals surface area (Å²) in [4.78, 5) is 29.5. The molecule has 0 unspecified atom stereocenters. The van der Waals surface area contributed by atoms with Gasteiger partial charge in [-0.2, -0.15) is 0 Å². The van der Waals surface area contributed by atoms with E-state index in [0.29, 0.717) is 31.9 Å². The molecule has 0 atom stereocenters. The number of amides is 1. The minimum absolute atomic E-state index is 0.0241. The Labute approximate surface area is 133 Å². The van der Waals surface area contributed by atoms with Crippen molar-refractivity contribution in [3.05, 3.63) is 47.5 Å². The van der Waals surface area contributed by atoms with Crippen molar-refractivity contribution in [2.75, 3.05) is 31.2 Å². The topological polar surface area (TPSA) is 71.5 Å². The summed E-state index contributed by atoms with van der Waals surface area (Å²) >= 11 is 0. The van der Waals surface area contributed by atoms with Crippen LogP contribution in [-0.2, 0) is 17.8 Å². The second-order valence-electron chi connectivity index (χ2n) is 5.64. The molecule has 2 aromatic heterocycles. The van der Waals surface area contributed by atoms with Crippen LogP contribution in [-0.4, -0.2) is 52.1 Å². The van der Waals surface area contributed by atoms with E-state index < -0.39 is 0 Å². The molecule has 1 fully saturated rings. The summed E-state index contributed by atoms with van der Waals surface area (Å²) in [7, 11) is 0. The molecule has 0 aromatic carbocycles. The van der Waals surface area contributed by atoms with Crippen LogP contribution in [0.4, 0.5) is 5.95 Å². The smallest absolute Gasteiger partial charge is 0.256 e. The number of carbonyl (C=O) groups is 1. The number of carbonyl (C=O) groups excluding carboxylic acids is 1. The van der Waals surface area contributed by atoms with Crippen LogP contribution in [0.2, 0.25) is 0 Å².